The number of ether oxygens (including phenoxy) is 2. The van der Waals surface area contributed by atoms with Crippen LogP contribution in [-0.4, -0.2) is 76.9 Å². The smallest absolute Gasteiger partial charge is 0.407 e. The van der Waals surface area contributed by atoms with E-state index < -0.39 is 38.1 Å². The molecule has 13 nitrogen and oxygen atoms in total. The van der Waals surface area contributed by atoms with Crippen molar-refractivity contribution in [1.82, 2.24) is 9.62 Å². The van der Waals surface area contributed by atoms with Gasteiger partial charge in [-0.3, -0.25) is 0 Å². The number of amides is 1. The van der Waals surface area contributed by atoms with E-state index in [1.165, 1.54) is 46.8 Å². The zero-order valence-corrected chi connectivity index (χ0v) is 33.0. The number of carbonyl (C=O) groups is 1. The van der Waals surface area contributed by atoms with E-state index in [0.717, 1.165) is 16.7 Å². The Morgan fingerprint density at radius 3 is 2.18 bits per heavy atom. The number of alkyl carbamates (subject to hydrolysis) is 1. The van der Waals surface area contributed by atoms with Crippen LogP contribution >= 0.6 is 0 Å². The first-order chi connectivity index (χ1) is 26.0. The quantitative estimate of drug-likeness (QED) is 0.132. The Hall–Kier alpha value is -4.98. The van der Waals surface area contributed by atoms with E-state index in [-0.39, 0.29) is 51.0 Å². The molecule has 0 saturated carbocycles. The van der Waals surface area contributed by atoms with E-state index in [0.29, 0.717) is 31.7 Å². The van der Waals surface area contributed by atoms with E-state index in [1.807, 2.05) is 70.2 Å². The number of nitrogens with two attached hydrogens (primary N) is 2. The third-order valence-electron chi connectivity index (χ3n) is 8.67. The molecule has 294 valence electrons. The molecule has 0 radical (unpaired) electrons. The van der Waals surface area contributed by atoms with E-state index in [2.05, 4.69) is 5.32 Å². The third-order valence-corrected chi connectivity index (χ3v) is 12.3. The van der Waals surface area contributed by atoms with Crippen molar-refractivity contribution in [2.24, 2.45) is 5.92 Å². The number of sulfone groups is 1. The topological polar surface area (TPSA) is 215 Å². The van der Waals surface area contributed by atoms with Gasteiger partial charge in [-0.1, -0.05) is 56.3 Å². The number of hydrogen-bond donors (Lipinski definition) is 4. The average Bonchev–Trinajstić information content (AvgIpc) is 3.64. The van der Waals surface area contributed by atoms with Crippen molar-refractivity contribution in [3.63, 3.8) is 0 Å². The number of carbonyl (C=O) groups excluding carboxylic acids is 1. The van der Waals surface area contributed by atoms with Gasteiger partial charge < -0.3 is 31.4 Å². The molecule has 1 aliphatic heterocycles. The van der Waals surface area contributed by atoms with Crippen LogP contribution in [0.5, 0.6) is 0 Å². The van der Waals surface area contributed by atoms with Crippen molar-refractivity contribution in [2.75, 3.05) is 37.8 Å². The number of nitriles is 1. The van der Waals surface area contributed by atoms with E-state index in [9.17, 15) is 26.7 Å². The van der Waals surface area contributed by atoms with E-state index in [1.54, 1.807) is 12.1 Å². The maximum absolute atomic E-state index is 13.4. The summed E-state index contributed by atoms with van der Waals surface area (Å²) in [5, 5.41) is 23.1. The fraction of sp³-hybridized carbons (Fsp3) is 0.350. The second kappa shape index (κ2) is 19.1. The predicted octanol–water partition coefficient (Wildman–Crippen LogP) is 4.99. The Balaban J connectivity index is 0.000000284. The monoisotopic (exact) mass is 791 g/mol. The highest BCUT2D eigenvalue weighted by Gasteiger charge is 2.32. The number of aliphatic hydroxyl groups excluding tert-OH is 1. The maximum Gasteiger partial charge on any atom is 0.407 e. The number of nitrogens with zero attached hydrogens (tertiary/aromatic N) is 2. The first kappa shape index (κ1) is 42.8. The highest BCUT2D eigenvalue weighted by atomic mass is 32.2. The molecule has 1 saturated heterocycles. The molecule has 4 aromatic rings. The molecule has 0 unspecified atom stereocenters. The lowest BCUT2D eigenvalue weighted by molar-refractivity contribution is 0.0644. The second-order valence-corrected chi connectivity index (χ2v) is 17.7. The van der Waals surface area contributed by atoms with Crippen molar-refractivity contribution < 1.29 is 36.2 Å². The van der Waals surface area contributed by atoms with Crippen LogP contribution in [0, 0.1) is 31.1 Å². The largest absolute Gasteiger partial charge is 0.444 e. The van der Waals surface area contributed by atoms with Crippen LogP contribution in [0.3, 0.4) is 0 Å². The lowest BCUT2D eigenvalue weighted by Gasteiger charge is -2.30. The maximum atomic E-state index is 13.4. The van der Waals surface area contributed by atoms with Crippen molar-refractivity contribution in [3.05, 3.63) is 113 Å². The van der Waals surface area contributed by atoms with Crippen LogP contribution < -0.4 is 16.8 Å². The van der Waals surface area contributed by atoms with Crippen molar-refractivity contribution in [1.29, 1.82) is 5.26 Å². The van der Waals surface area contributed by atoms with Crippen molar-refractivity contribution in [3.8, 4) is 6.07 Å². The normalized spacial score (nSPS) is 15.4. The first-order valence-corrected chi connectivity index (χ1v) is 20.7. The van der Waals surface area contributed by atoms with Gasteiger partial charge in [0.25, 0.3) is 0 Å². The molecular weight excluding hydrogens is 743 g/mol. The van der Waals surface area contributed by atoms with Crippen molar-refractivity contribution >= 4 is 37.3 Å². The average molecular weight is 792 g/mol. The second-order valence-electron chi connectivity index (χ2n) is 13.8. The summed E-state index contributed by atoms with van der Waals surface area (Å²) in [6.07, 6.45) is -1.29. The summed E-state index contributed by atoms with van der Waals surface area (Å²) in [6.45, 7) is 8.33. The van der Waals surface area contributed by atoms with Crippen LogP contribution in [0.4, 0.5) is 16.2 Å². The number of nitrogens with one attached hydrogen (secondary N) is 1. The van der Waals surface area contributed by atoms with Gasteiger partial charge in [-0.25, -0.2) is 21.6 Å². The number of rotatable bonds is 13. The third kappa shape index (κ3) is 11.8. The van der Waals surface area contributed by atoms with Gasteiger partial charge in [0.05, 0.1) is 51.3 Å². The van der Waals surface area contributed by atoms with Crippen LogP contribution in [-0.2, 0) is 35.8 Å². The van der Waals surface area contributed by atoms with Gasteiger partial charge >= 0.3 is 6.09 Å². The fourth-order valence-corrected chi connectivity index (χ4v) is 9.25. The number of hydrogen-bond acceptors (Lipinski definition) is 11. The van der Waals surface area contributed by atoms with Gasteiger partial charge in [-0.2, -0.15) is 9.57 Å². The Morgan fingerprint density at radius 2 is 1.60 bits per heavy atom. The fourth-order valence-electron chi connectivity index (χ4n) is 6.00. The highest BCUT2D eigenvalue weighted by molar-refractivity contribution is 7.91. The summed E-state index contributed by atoms with van der Waals surface area (Å²) in [7, 11) is -7.66. The first-order valence-electron chi connectivity index (χ1n) is 17.8. The molecule has 0 aliphatic carbocycles. The summed E-state index contributed by atoms with van der Waals surface area (Å²) in [6, 6.07) is 25.9. The standard InChI is InChI=1S/C25H35N3O6S.C15H14N2O2S/c1-18(2)15-28(35(31,32)22-10-8-20(26)9-11-22)16-24(29)23(14-19-6-4-3-5-7-19)27-25(30)34-21-12-13-33-17-21;1-10-6-11(2)8-12(7-10)20(18,19)15-5-3-4-14(17)13(15)9-16/h3-11,18,21,23-24,29H,12-17,26H2,1-2H3,(H,27,30);3-8H,17H2,1-2H3/t21-,23-,24+;/m0./s1. The van der Waals surface area contributed by atoms with Gasteiger partial charge in [0.15, 0.2) is 0 Å². The molecule has 0 bridgehead atoms. The Labute approximate surface area is 323 Å². The molecule has 6 N–H and O–H groups in total. The Kier molecular flexibility index (Phi) is 14.8. The lowest BCUT2D eigenvalue weighted by Crippen LogP contribution is -2.51. The molecule has 0 spiro atoms. The van der Waals surface area contributed by atoms with Crippen LogP contribution in [0.25, 0.3) is 0 Å². The molecule has 15 heteroatoms. The summed E-state index contributed by atoms with van der Waals surface area (Å²) in [5.41, 5.74) is 14.6. The molecule has 3 atom stereocenters. The molecule has 0 aromatic heterocycles. The number of aliphatic hydroxyl groups is 1. The number of benzene rings is 4. The molecule has 1 amide bonds. The highest BCUT2D eigenvalue weighted by Crippen LogP contribution is 2.28. The lowest BCUT2D eigenvalue weighted by atomic mass is 10.0. The number of aryl methyl sites for hydroxylation is 2. The van der Waals surface area contributed by atoms with E-state index >= 15 is 0 Å². The molecule has 5 rings (SSSR count). The number of nitrogen functional groups attached to an aromatic ring is 2. The van der Waals surface area contributed by atoms with Crippen molar-refractivity contribution in [2.45, 2.75) is 73.5 Å². The minimum atomic E-state index is -3.90. The Morgan fingerprint density at radius 1 is 0.945 bits per heavy atom. The molecule has 1 fully saturated rings. The minimum absolute atomic E-state index is 0.00772. The van der Waals surface area contributed by atoms with Gasteiger partial charge in [-0.15, -0.1) is 0 Å². The van der Waals surface area contributed by atoms with Crippen LogP contribution in [0.1, 0.15) is 42.5 Å². The number of anilines is 2. The summed E-state index contributed by atoms with van der Waals surface area (Å²) in [5.74, 6) is 0.0126. The predicted molar refractivity (Wildman–Crippen MR) is 210 cm³/mol. The molecule has 1 heterocycles. The zero-order chi connectivity index (χ0) is 40.3. The van der Waals surface area contributed by atoms with E-state index in [4.69, 9.17) is 26.2 Å². The van der Waals surface area contributed by atoms with Gasteiger partial charge in [0, 0.05) is 25.2 Å². The molecular formula is C40H49N5O8S2. The molecule has 55 heavy (non-hydrogen) atoms. The van der Waals surface area contributed by atoms with Crippen LogP contribution in [0.2, 0.25) is 0 Å². The summed E-state index contributed by atoms with van der Waals surface area (Å²) >= 11 is 0. The van der Waals surface area contributed by atoms with Gasteiger partial charge in [-0.05, 0) is 91.4 Å². The zero-order valence-electron chi connectivity index (χ0n) is 31.4. The molecule has 4 aromatic carbocycles. The summed E-state index contributed by atoms with van der Waals surface area (Å²) < 4.78 is 64.0. The Bertz CT molecular complexity index is 2150. The van der Waals surface area contributed by atoms with Gasteiger partial charge in [0.2, 0.25) is 19.9 Å². The van der Waals surface area contributed by atoms with Crippen LogP contribution in [0.15, 0.2) is 106 Å². The molecule has 1 aliphatic rings. The SMILES string of the molecule is CC(C)CN(C[C@@H](O)[C@H](Cc1ccccc1)NC(=O)O[C@H]1CCOC1)S(=O)(=O)c1ccc(N)cc1.Cc1cc(C)cc(S(=O)(=O)c2cccc(N)c2C#N)c1. The number of sulfonamides is 1. The minimum Gasteiger partial charge on any atom is -0.444 e. The summed E-state index contributed by atoms with van der Waals surface area (Å²) in [4.78, 5) is 12.8. The van der Waals surface area contributed by atoms with Gasteiger partial charge in [0.1, 0.15) is 12.2 Å².